The van der Waals surface area contributed by atoms with Gasteiger partial charge in [0, 0.05) is 10.8 Å². The Hall–Kier alpha value is -1.91. The van der Waals surface area contributed by atoms with E-state index in [1.165, 1.54) is 16.0 Å². The lowest BCUT2D eigenvalue weighted by atomic mass is 9.73. The standard InChI is InChI=1S/C25H26O3S/c1-12-9-13(2)19(14(3)10-12)21-23(26)20-17-11-16(25(28-17)22(20)24(21)27)15-7-5-6-8-18(15)29-4/h5-10,16-17,20-22,25H,11H2,1-4H3/t16-,17-,20-,21?,22+,25+/m0/s1. The van der Waals surface area contributed by atoms with Gasteiger partial charge in [-0.25, -0.2) is 0 Å². The van der Waals surface area contributed by atoms with Crippen molar-refractivity contribution < 1.29 is 14.3 Å². The minimum atomic E-state index is -0.617. The number of ketones is 2. The van der Waals surface area contributed by atoms with Gasteiger partial charge in [0.1, 0.15) is 5.92 Å². The summed E-state index contributed by atoms with van der Waals surface area (Å²) in [7, 11) is 0. The Bertz CT molecular complexity index is 1000. The van der Waals surface area contributed by atoms with Gasteiger partial charge in [-0.15, -0.1) is 11.8 Å². The van der Waals surface area contributed by atoms with Gasteiger partial charge in [0.15, 0.2) is 11.6 Å². The maximum atomic E-state index is 13.6. The summed E-state index contributed by atoms with van der Waals surface area (Å²) < 4.78 is 6.26. The van der Waals surface area contributed by atoms with E-state index >= 15 is 0 Å². The molecule has 2 aromatic carbocycles. The lowest BCUT2D eigenvalue weighted by Crippen LogP contribution is -2.34. The van der Waals surface area contributed by atoms with Crippen LogP contribution in [0.5, 0.6) is 0 Å². The van der Waals surface area contributed by atoms with Gasteiger partial charge < -0.3 is 4.74 Å². The SMILES string of the molecule is CSc1ccccc1[C@@H]1C[C@@H]2O[C@H]1[C@H]1C(=O)C(c3c(C)cc(C)cc3C)C(=O)[C@H]12. The van der Waals surface area contributed by atoms with Gasteiger partial charge in [-0.1, -0.05) is 35.9 Å². The molecule has 3 aliphatic rings. The van der Waals surface area contributed by atoms with E-state index in [-0.39, 0.29) is 41.5 Å². The van der Waals surface area contributed by atoms with E-state index in [9.17, 15) is 9.59 Å². The first-order chi connectivity index (χ1) is 13.9. The van der Waals surface area contributed by atoms with Crippen LogP contribution in [0.3, 0.4) is 0 Å². The predicted octanol–water partition coefficient (Wildman–Crippen LogP) is 4.76. The number of rotatable bonds is 3. The summed E-state index contributed by atoms with van der Waals surface area (Å²) in [5.74, 6) is -0.829. The number of benzene rings is 2. The maximum Gasteiger partial charge on any atom is 0.154 e. The molecule has 29 heavy (non-hydrogen) atoms. The van der Waals surface area contributed by atoms with Gasteiger partial charge in [-0.05, 0) is 61.8 Å². The minimum Gasteiger partial charge on any atom is -0.373 e. The smallest absolute Gasteiger partial charge is 0.154 e. The monoisotopic (exact) mass is 406 g/mol. The van der Waals surface area contributed by atoms with Crippen LogP contribution in [0.2, 0.25) is 0 Å². The number of hydrogen-bond donors (Lipinski definition) is 0. The Labute approximate surface area is 176 Å². The highest BCUT2D eigenvalue weighted by molar-refractivity contribution is 7.98. The molecule has 1 unspecified atom stereocenters. The average molecular weight is 407 g/mol. The van der Waals surface area contributed by atoms with Crippen molar-refractivity contribution in [3.63, 3.8) is 0 Å². The van der Waals surface area contributed by atoms with Crippen molar-refractivity contribution >= 4 is 23.3 Å². The molecule has 0 aromatic heterocycles. The van der Waals surface area contributed by atoms with Gasteiger partial charge in [0.05, 0.1) is 24.0 Å². The maximum absolute atomic E-state index is 13.6. The van der Waals surface area contributed by atoms with E-state index < -0.39 is 5.92 Å². The molecule has 2 bridgehead atoms. The fraction of sp³-hybridized carbons (Fsp3) is 0.440. The van der Waals surface area contributed by atoms with Crippen LogP contribution < -0.4 is 0 Å². The molecule has 6 atom stereocenters. The van der Waals surface area contributed by atoms with Crippen LogP contribution in [-0.4, -0.2) is 30.0 Å². The van der Waals surface area contributed by atoms with E-state index in [1.807, 2.05) is 13.8 Å². The first-order valence-corrected chi connectivity index (χ1v) is 11.6. The number of thioether (sulfide) groups is 1. The minimum absolute atomic E-state index is 0.0777. The van der Waals surface area contributed by atoms with Crippen molar-refractivity contribution in [3.05, 3.63) is 64.2 Å². The summed E-state index contributed by atoms with van der Waals surface area (Å²) in [5, 5.41) is 0. The zero-order valence-corrected chi connectivity index (χ0v) is 18.1. The zero-order chi connectivity index (χ0) is 20.4. The predicted molar refractivity (Wildman–Crippen MR) is 115 cm³/mol. The Morgan fingerprint density at radius 2 is 1.62 bits per heavy atom. The van der Waals surface area contributed by atoms with Gasteiger partial charge in [-0.2, -0.15) is 0 Å². The van der Waals surface area contributed by atoms with Crippen LogP contribution in [-0.2, 0) is 14.3 Å². The number of ether oxygens (including phenoxy) is 1. The quantitative estimate of drug-likeness (QED) is 0.545. The molecule has 3 fully saturated rings. The molecule has 0 N–H and O–H groups in total. The molecule has 5 rings (SSSR count). The molecule has 1 aliphatic carbocycles. The molecule has 2 saturated heterocycles. The van der Waals surface area contributed by atoms with Gasteiger partial charge in [0.25, 0.3) is 0 Å². The van der Waals surface area contributed by atoms with Crippen LogP contribution in [0.25, 0.3) is 0 Å². The molecule has 0 radical (unpaired) electrons. The first-order valence-electron chi connectivity index (χ1n) is 10.4. The van der Waals surface area contributed by atoms with Crippen molar-refractivity contribution in [1.29, 1.82) is 0 Å². The summed E-state index contributed by atoms with van der Waals surface area (Å²) in [6.45, 7) is 6.10. The Morgan fingerprint density at radius 3 is 2.31 bits per heavy atom. The van der Waals surface area contributed by atoms with Gasteiger partial charge >= 0.3 is 0 Å². The number of aryl methyl sites for hydroxylation is 3. The largest absolute Gasteiger partial charge is 0.373 e. The van der Waals surface area contributed by atoms with Crippen LogP contribution in [0, 0.1) is 32.6 Å². The highest BCUT2D eigenvalue weighted by Gasteiger charge is 2.66. The Kier molecular flexibility index (Phi) is 4.48. The summed E-state index contributed by atoms with van der Waals surface area (Å²) >= 11 is 1.73. The van der Waals surface area contributed by atoms with E-state index in [2.05, 4.69) is 49.6 Å². The van der Waals surface area contributed by atoms with E-state index in [0.29, 0.717) is 0 Å². The van der Waals surface area contributed by atoms with E-state index in [4.69, 9.17) is 4.74 Å². The highest BCUT2D eigenvalue weighted by atomic mass is 32.2. The topological polar surface area (TPSA) is 43.4 Å². The van der Waals surface area contributed by atoms with E-state index in [1.54, 1.807) is 11.8 Å². The third-order valence-electron chi connectivity index (χ3n) is 7.15. The number of hydrogen-bond acceptors (Lipinski definition) is 4. The van der Waals surface area contributed by atoms with Gasteiger partial charge in [-0.3, -0.25) is 9.59 Å². The molecule has 0 amide bonds. The molecule has 2 aromatic rings. The third-order valence-corrected chi connectivity index (χ3v) is 7.96. The molecule has 150 valence electrons. The van der Waals surface area contributed by atoms with Crippen molar-refractivity contribution in [1.82, 2.24) is 0 Å². The Morgan fingerprint density at radius 1 is 0.966 bits per heavy atom. The molecule has 1 saturated carbocycles. The highest BCUT2D eigenvalue weighted by Crippen LogP contribution is 2.58. The molecular weight excluding hydrogens is 380 g/mol. The fourth-order valence-electron chi connectivity index (χ4n) is 6.17. The van der Waals surface area contributed by atoms with Crippen LogP contribution in [0.15, 0.2) is 41.3 Å². The number of fused-ring (bicyclic) bond motifs is 5. The van der Waals surface area contributed by atoms with Crippen LogP contribution in [0.1, 0.15) is 46.1 Å². The fourth-order valence-corrected chi connectivity index (χ4v) is 6.84. The molecular formula is C25H26O3S. The lowest BCUT2D eigenvalue weighted by molar-refractivity contribution is -0.127. The third kappa shape index (κ3) is 2.69. The molecule has 2 heterocycles. The number of carbonyl (C=O) groups excluding carboxylic acids is 2. The second-order valence-electron chi connectivity index (χ2n) is 8.83. The zero-order valence-electron chi connectivity index (χ0n) is 17.3. The summed E-state index contributed by atoms with van der Waals surface area (Å²) in [6.07, 6.45) is 2.61. The summed E-state index contributed by atoms with van der Waals surface area (Å²) in [5.41, 5.74) is 5.45. The molecule has 4 heteroatoms. The van der Waals surface area contributed by atoms with Crippen molar-refractivity contribution in [3.8, 4) is 0 Å². The van der Waals surface area contributed by atoms with Crippen molar-refractivity contribution in [2.75, 3.05) is 6.26 Å². The molecule has 0 spiro atoms. The molecule has 3 nitrogen and oxygen atoms in total. The average Bonchev–Trinajstić information content (AvgIpc) is 3.34. The second kappa shape index (κ2) is 6.82. The van der Waals surface area contributed by atoms with E-state index in [0.717, 1.165) is 23.1 Å². The summed E-state index contributed by atoms with van der Waals surface area (Å²) in [6, 6.07) is 12.6. The Balaban J connectivity index is 1.53. The lowest BCUT2D eigenvalue weighted by Gasteiger charge is -2.27. The van der Waals surface area contributed by atoms with Crippen LogP contribution in [0.4, 0.5) is 0 Å². The van der Waals surface area contributed by atoms with Crippen molar-refractivity contribution in [2.24, 2.45) is 11.8 Å². The number of Topliss-reactive ketones (excluding diaryl/α,β-unsaturated/α-hetero) is 2. The summed E-state index contributed by atoms with van der Waals surface area (Å²) in [4.78, 5) is 28.3. The van der Waals surface area contributed by atoms with Crippen LogP contribution >= 0.6 is 11.8 Å². The number of carbonyl (C=O) groups is 2. The van der Waals surface area contributed by atoms with Crippen molar-refractivity contribution in [2.45, 2.75) is 56.1 Å². The normalized spacial score (nSPS) is 32.8. The first kappa shape index (κ1) is 19.1. The van der Waals surface area contributed by atoms with Gasteiger partial charge in [0.2, 0.25) is 0 Å². The second-order valence-corrected chi connectivity index (χ2v) is 9.67. The molecule has 2 aliphatic heterocycles.